The molecule has 6 nitrogen and oxygen atoms in total. The van der Waals surface area contributed by atoms with E-state index in [-0.39, 0.29) is 29.8 Å². The number of likely N-dealkylation sites (N-methyl/N-ethyl adjacent to an activating group) is 1. The summed E-state index contributed by atoms with van der Waals surface area (Å²) in [6.45, 7) is 14.7. The molecule has 30 heavy (non-hydrogen) atoms. The molecule has 8 heteroatoms. The van der Waals surface area contributed by atoms with Crippen molar-refractivity contribution in [2.75, 3.05) is 63.9 Å². The van der Waals surface area contributed by atoms with E-state index < -0.39 is 0 Å². The third kappa shape index (κ3) is 9.34. The van der Waals surface area contributed by atoms with Crippen LogP contribution in [0.25, 0.3) is 0 Å². The van der Waals surface area contributed by atoms with Crippen molar-refractivity contribution in [3.05, 3.63) is 29.6 Å². The number of aliphatic imine (C=N–C) groups is 1. The number of nitrogens with one attached hydrogen (secondary N) is 2. The highest BCUT2D eigenvalue weighted by Gasteiger charge is 2.18. The van der Waals surface area contributed by atoms with Crippen LogP contribution in [0.1, 0.15) is 39.2 Å². The number of piperazine rings is 1. The molecule has 1 aromatic carbocycles. The molecule has 1 aliphatic rings. The number of guanidine groups is 1. The summed E-state index contributed by atoms with van der Waals surface area (Å²) in [4.78, 5) is 9.13. The van der Waals surface area contributed by atoms with Crippen LogP contribution < -0.4 is 15.5 Å². The topological polar surface area (TPSA) is 52.1 Å². The normalized spacial score (nSPS) is 15.1. The second-order valence-corrected chi connectivity index (χ2v) is 7.23. The lowest BCUT2D eigenvalue weighted by atomic mass is 10.1. The van der Waals surface area contributed by atoms with Gasteiger partial charge in [-0.2, -0.15) is 0 Å². The van der Waals surface area contributed by atoms with Crippen molar-refractivity contribution in [1.29, 1.82) is 0 Å². The van der Waals surface area contributed by atoms with E-state index >= 15 is 0 Å². The largest absolute Gasteiger partial charge is 0.382 e. The monoisotopic (exact) mass is 535 g/mol. The van der Waals surface area contributed by atoms with E-state index in [4.69, 9.17) is 4.74 Å². The molecule has 0 bridgehead atoms. The van der Waals surface area contributed by atoms with Crippen LogP contribution in [0.2, 0.25) is 0 Å². The maximum absolute atomic E-state index is 14.7. The number of hydrogen-bond donors (Lipinski definition) is 2. The van der Waals surface area contributed by atoms with E-state index in [2.05, 4.69) is 32.3 Å². The highest BCUT2D eigenvalue weighted by atomic mass is 127. The fourth-order valence-corrected chi connectivity index (χ4v) is 3.40. The molecule has 1 aromatic rings. The lowest BCUT2D eigenvalue weighted by Crippen LogP contribution is -2.46. The summed E-state index contributed by atoms with van der Waals surface area (Å²) >= 11 is 0. The fraction of sp³-hybridized carbons (Fsp3) is 0.682. The molecule has 0 atom stereocenters. The lowest BCUT2D eigenvalue weighted by molar-refractivity contribution is 0.143. The van der Waals surface area contributed by atoms with E-state index in [1.165, 1.54) is 0 Å². The predicted molar refractivity (Wildman–Crippen MR) is 135 cm³/mol. The minimum Gasteiger partial charge on any atom is -0.382 e. The number of benzene rings is 1. The first-order valence-electron chi connectivity index (χ1n) is 11.0. The summed E-state index contributed by atoms with van der Waals surface area (Å²) in [7, 11) is 0. The van der Waals surface area contributed by atoms with Gasteiger partial charge in [-0.25, -0.2) is 9.38 Å². The number of unbranched alkanes of at least 4 members (excludes halogenated alkanes) is 1. The third-order valence-corrected chi connectivity index (χ3v) is 5.15. The molecule has 1 aliphatic heterocycles. The molecule has 0 aromatic heterocycles. The molecular weight excluding hydrogens is 496 g/mol. The minimum absolute atomic E-state index is 0. The Morgan fingerprint density at radius 1 is 1.10 bits per heavy atom. The van der Waals surface area contributed by atoms with E-state index in [9.17, 15) is 4.39 Å². The average Bonchev–Trinajstić information content (AvgIpc) is 2.74. The first-order chi connectivity index (χ1) is 14.2. The maximum Gasteiger partial charge on any atom is 0.191 e. The number of anilines is 1. The van der Waals surface area contributed by atoms with Crippen LogP contribution in [0, 0.1) is 5.82 Å². The maximum atomic E-state index is 14.7. The molecule has 0 aliphatic carbocycles. The van der Waals surface area contributed by atoms with Gasteiger partial charge in [0, 0.05) is 52.5 Å². The fourth-order valence-electron chi connectivity index (χ4n) is 3.40. The first kappa shape index (κ1) is 26.9. The summed E-state index contributed by atoms with van der Waals surface area (Å²) in [5, 5.41) is 6.58. The molecule has 0 radical (unpaired) electrons. The highest BCUT2D eigenvalue weighted by Crippen LogP contribution is 2.22. The SMILES string of the molecule is CCNC(=NCc1ccc(N2CCN(CC)CC2)c(F)c1)NCCCCOCC.I. The summed E-state index contributed by atoms with van der Waals surface area (Å²) < 4.78 is 20.0. The number of rotatable bonds is 11. The summed E-state index contributed by atoms with van der Waals surface area (Å²) in [5.41, 5.74) is 1.58. The summed E-state index contributed by atoms with van der Waals surface area (Å²) in [5.74, 6) is 0.612. The van der Waals surface area contributed by atoms with Gasteiger partial charge in [0.1, 0.15) is 5.82 Å². The van der Waals surface area contributed by atoms with Crippen molar-refractivity contribution in [2.24, 2.45) is 4.99 Å². The van der Waals surface area contributed by atoms with Gasteiger partial charge in [0.05, 0.1) is 12.2 Å². The zero-order valence-corrected chi connectivity index (χ0v) is 21.1. The third-order valence-electron chi connectivity index (χ3n) is 5.15. The lowest BCUT2D eigenvalue weighted by Gasteiger charge is -2.35. The molecule has 0 spiro atoms. The average molecular weight is 535 g/mol. The van der Waals surface area contributed by atoms with Crippen LogP contribution in [0.3, 0.4) is 0 Å². The first-order valence-corrected chi connectivity index (χ1v) is 11.0. The molecule has 0 amide bonds. The second kappa shape index (κ2) is 15.6. The zero-order valence-electron chi connectivity index (χ0n) is 18.8. The molecule has 172 valence electrons. The van der Waals surface area contributed by atoms with Crippen molar-refractivity contribution in [1.82, 2.24) is 15.5 Å². The van der Waals surface area contributed by atoms with Gasteiger partial charge in [0.15, 0.2) is 5.96 Å². The Balaban J connectivity index is 0.00000450. The number of nitrogens with zero attached hydrogens (tertiary/aromatic N) is 3. The number of halogens is 2. The van der Waals surface area contributed by atoms with Crippen LogP contribution in [-0.2, 0) is 11.3 Å². The Bertz CT molecular complexity index is 624. The molecule has 0 unspecified atom stereocenters. The van der Waals surface area contributed by atoms with Crippen molar-refractivity contribution in [3.63, 3.8) is 0 Å². The van der Waals surface area contributed by atoms with Gasteiger partial charge in [0.2, 0.25) is 0 Å². The van der Waals surface area contributed by atoms with E-state index in [1.807, 2.05) is 26.0 Å². The van der Waals surface area contributed by atoms with E-state index in [1.54, 1.807) is 6.07 Å². The quantitative estimate of drug-likeness (QED) is 0.197. The molecule has 1 heterocycles. The van der Waals surface area contributed by atoms with Crippen LogP contribution in [0.15, 0.2) is 23.2 Å². The van der Waals surface area contributed by atoms with Crippen LogP contribution in [-0.4, -0.2) is 69.9 Å². The van der Waals surface area contributed by atoms with E-state index in [0.717, 1.165) is 83.4 Å². The summed E-state index contributed by atoms with van der Waals surface area (Å²) in [6.07, 6.45) is 2.05. The van der Waals surface area contributed by atoms with Gasteiger partial charge < -0.3 is 25.2 Å². The highest BCUT2D eigenvalue weighted by molar-refractivity contribution is 14.0. The number of hydrogen-bond acceptors (Lipinski definition) is 4. The van der Waals surface area contributed by atoms with E-state index in [0.29, 0.717) is 12.2 Å². The smallest absolute Gasteiger partial charge is 0.191 e. The van der Waals surface area contributed by atoms with Gasteiger partial charge >= 0.3 is 0 Å². The number of ether oxygens (including phenoxy) is 1. The molecule has 2 N–H and O–H groups in total. The standard InChI is InChI=1S/C22H38FN5O.HI/c1-4-24-22(25-11-7-8-16-29-6-3)26-18-19-9-10-21(20(23)17-19)28-14-12-27(5-2)13-15-28;/h9-10,17H,4-8,11-16,18H2,1-3H3,(H2,24,25,26);1H. The Kier molecular flexibility index (Phi) is 14.0. The molecular formula is C22H39FIN5O. The Morgan fingerprint density at radius 3 is 2.50 bits per heavy atom. The summed E-state index contributed by atoms with van der Waals surface area (Å²) in [6, 6.07) is 5.51. The van der Waals surface area contributed by atoms with Gasteiger partial charge in [-0.05, 0) is 50.9 Å². The molecule has 1 fully saturated rings. The van der Waals surface area contributed by atoms with Gasteiger partial charge in [-0.1, -0.05) is 13.0 Å². The Hall–Kier alpha value is -1.13. The zero-order chi connectivity index (χ0) is 20.9. The van der Waals surface area contributed by atoms with Crippen LogP contribution in [0.5, 0.6) is 0 Å². The Morgan fingerprint density at radius 2 is 1.87 bits per heavy atom. The molecule has 1 saturated heterocycles. The van der Waals surface area contributed by atoms with Gasteiger partial charge in [0.25, 0.3) is 0 Å². The second-order valence-electron chi connectivity index (χ2n) is 7.23. The van der Waals surface area contributed by atoms with Crippen LogP contribution >= 0.6 is 24.0 Å². The van der Waals surface area contributed by atoms with Gasteiger partial charge in [-0.15, -0.1) is 24.0 Å². The van der Waals surface area contributed by atoms with Crippen LogP contribution in [0.4, 0.5) is 10.1 Å². The Labute approximate surface area is 198 Å². The van der Waals surface area contributed by atoms with Crippen molar-refractivity contribution in [2.45, 2.75) is 40.2 Å². The van der Waals surface area contributed by atoms with Crippen molar-refractivity contribution >= 4 is 35.6 Å². The van der Waals surface area contributed by atoms with Crippen molar-refractivity contribution < 1.29 is 9.13 Å². The van der Waals surface area contributed by atoms with Gasteiger partial charge in [-0.3, -0.25) is 0 Å². The molecule has 0 saturated carbocycles. The van der Waals surface area contributed by atoms with Crippen molar-refractivity contribution in [3.8, 4) is 0 Å². The molecule has 2 rings (SSSR count). The predicted octanol–water partition coefficient (Wildman–Crippen LogP) is 3.46. The minimum atomic E-state index is -0.156.